The van der Waals surface area contributed by atoms with Crippen molar-refractivity contribution in [2.45, 2.75) is 25.5 Å². The van der Waals surface area contributed by atoms with E-state index in [9.17, 15) is 19.5 Å². The molecule has 1 unspecified atom stereocenters. The van der Waals surface area contributed by atoms with Gasteiger partial charge in [0.15, 0.2) is 11.5 Å². The largest absolute Gasteiger partial charge is 0.493 e. The second kappa shape index (κ2) is 11.6. The molecule has 0 heterocycles. The van der Waals surface area contributed by atoms with Crippen LogP contribution in [0.3, 0.4) is 0 Å². The minimum atomic E-state index is -1.06. The second-order valence-corrected chi connectivity index (χ2v) is 6.88. The Labute approximate surface area is 175 Å². The van der Waals surface area contributed by atoms with Gasteiger partial charge in [-0.1, -0.05) is 5.92 Å². The topological polar surface area (TPSA) is 149 Å². The van der Waals surface area contributed by atoms with Crippen LogP contribution in [0.4, 0.5) is 0 Å². The number of nitrogens with two attached hydrogens (primary N) is 1. The standard InChI is InChI=1S/C20H27N3O7/c1-20(2,12-22-19(27)18(21)26)23-10-14(24)11-30-15-7-5-13(9-16(15)28-3)6-8-17(25)29-4/h5,7,9,14,23-24H,10-12H2,1-4H3,(H2,21,26)(H,22,27). The normalized spacial score (nSPS) is 11.5. The van der Waals surface area contributed by atoms with Gasteiger partial charge in [0.1, 0.15) is 12.7 Å². The van der Waals surface area contributed by atoms with Gasteiger partial charge in [0.2, 0.25) is 0 Å². The zero-order valence-electron chi connectivity index (χ0n) is 17.4. The quantitative estimate of drug-likeness (QED) is 0.224. The van der Waals surface area contributed by atoms with Crippen LogP contribution in [0.15, 0.2) is 18.2 Å². The molecule has 1 rings (SSSR count). The number of nitrogens with one attached hydrogen (secondary N) is 2. The highest BCUT2D eigenvalue weighted by Crippen LogP contribution is 2.27. The summed E-state index contributed by atoms with van der Waals surface area (Å²) in [4.78, 5) is 33.1. The fourth-order valence-electron chi connectivity index (χ4n) is 2.13. The monoisotopic (exact) mass is 421 g/mol. The molecule has 1 atom stereocenters. The average molecular weight is 421 g/mol. The van der Waals surface area contributed by atoms with Gasteiger partial charge in [-0.2, -0.15) is 0 Å². The number of primary amides is 1. The maximum Gasteiger partial charge on any atom is 0.384 e. The van der Waals surface area contributed by atoms with Crippen molar-refractivity contribution < 1.29 is 33.7 Å². The van der Waals surface area contributed by atoms with E-state index in [1.54, 1.807) is 32.0 Å². The summed E-state index contributed by atoms with van der Waals surface area (Å²) in [5, 5.41) is 15.6. The Morgan fingerprint density at radius 2 is 1.93 bits per heavy atom. The molecule has 0 saturated heterocycles. The van der Waals surface area contributed by atoms with E-state index in [1.807, 2.05) is 0 Å². The molecule has 0 aliphatic heterocycles. The predicted octanol–water partition coefficient (Wildman–Crippen LogP) is -1.07. The van der Waals surface area contributed by atoms with E-state index in [1.165, 1.54) is 14.2 Å². The van der Waals surface area contributed by atoms with Crippen molar-refractivity contribution in [1.29, 1.82) is 0 Å². The lowest BCUT2D eigenvalue weighted by Crippen LogP contribution is -2.53. The van der Waals surface area contributed by atoms with E-state index in [-0.39, 0.29) is 19.7 Å². The van der Waals surface area contributed by atoms with Gasteiger partial charge in [0.25, 0.3) is 0 Å². The molecule has 2 amide bonds. The number of methoxy groups -OCH3 is 2. The minimum absolute atomic E-state index is 0.0275. The van der Waals surface area contributed by atoms with Gasteiger partial charge >= 0.3 is 17.8 Å². The van der Waals surface area contributed by atoms with Gasteiger partial charge in [0.05, 0.1) is 14.2 Å². The molecule has 10 nitrogen and oxygen atoms in total. The van der Waals surface area contributed by atoms with Crippen LogP contribution >= 0.6 is 0 Å². The first-order valence-corrected chi connectivity index (χ1v) is 8.99. The molecule has 0 bridgehead atoms. The molecular formula is C20H27N3O7. The van der Waals surface area contributed by atoms with Crippen LogP contribution in [0.5, 0.6) is 11.5 Å². The molecule has 0 aliphatic carbocycles. The van der Waals surface area contributed by atoms with Gasteiger partial charge in [0, 0.05) is 30.1 Å². The Bertz CT molecular complexity index is 827. The summed E-state index contributed by atoms with van der Waals surface area (Å²) in [5.74, 6) is 3.17. The van der Waals surface area contributed by atoms with Crippen molar-refractivity contribution in [3.05, 3.63) is 23.8 Å². The lowest BCUT2D eigenvalue weighted by molar-refractivity contribution is -0.137. The number of carbonyl (C=O) groups excluding carboxylic acids is 3. The zero-order chi connectivity index (χ0) is 22.7. The number of aliphatic hydroxyl groups excluding tert-OH is 1. The van der Waals surface area contributed by atoms with Gasteiger partial charge in [-0.3, -0.25) is 9.59 Å². The average Bonchev–Trinajstić information content (AvgIpc) is 2.72. The van der Waals surface area contributed by atoms with Gasteiger partial charge < -0.3 is 35.7 Å². The Morgan fingerprint density at radius 1 is 1.23 bits per heavy atom. The smallest absolute Gasteiger partial charge is 0.384 e. The fourth-order valence-corrected chi connectivity index (χ4v) is 2.13. The predicted molar refractivity (Wildman–Crippen MR) is 108 cm³/mol. The van der Waals surface area contributed by atoms with Crippen LogP contribution in [-0.4, -0.2) is 68.4 Å². The first-order chi connectivity index (χ1) is 14.1. The second-order valence-electron chi connectivity index (χ2n) is 6.88. The lowest BCUT2D eigenvalue weighted by atomic mass is 10.1. The van der Waals surface area contributed by atoms with E-state index in [4.69, 9.17) is 15.2 Å². The Kier molecular flexibility index (Phi) is 9.61. The summed E-state index contributed by atoms with van der Waals surface area (Å²) in [6.45, 7) is 3.87. The number of hydrogen-bond donors (Lipinski definition) is 4. The van der Waals surface area contributed by atoms with Crippen LogP contribution in [-0.2, 0) is 19.1 Å². The van der Waals surface area contributed by atoms with Gasteiger partial charge in [-0.05, 0) is 32.0 Å². The van der Waals surface area contributed by atoms with Crippen molar-refractivity contribution in [3.8, 4) is 23.3 Å². The summed E-state index contributed by atoms with van der Waals surface area (Å²) in [5.41, 5.74) is 4.83. The van der Waals surface area contributed by atoms with Crippen LogP contribution < -0.4 is 25.8 Å². The van der Waals surface area contributed by atoms with Crippen LogP contribution in [0.2, 0.25) is 0 Å². The van der Waals surface area contributed by atoms with E-state index in [0.29, 0.717) is 17.1 Å². The van der Waals surface area contributed by atoms with Crippen molar-refractivity contribution in [1.82, 2.24) is 10.6 Å². The van der Waals surface area contributed by atoms with E-state index < -0.39 is 29.4 Å². The fraction of sp³-hybridized carbons (Fsp3) is 0.450. The molecule has 0 aromatic heterocycles. The number of benzene rings is 1. The van der Waals surface area contributed by atoms with Crippen molar-refractivity contribution in [3.63, 3.8) is 0 Å². The summed E-state index contributed by atoms with van der Waals surface area (Å²) in [7, 11) is 2.70. The van der Waals surface area contributed by atoms with E-state index >= 15 is 0 Å². The number of amides is 2. The summed E-state index contributed by atoms with van der Waals surface area (Å²) in [6, 6.07) is 4.85. The third-order valence-electron chi connectivity index (χ3n) is 3.82. The molecule has 10 heteroatoms. The Balaban J connectivity index is 2.58. The molecule has 5 N–H and O–H groups in total. The molecule has 1 aromatic rings. The highest BCUT2D eigenvalue weighted by molar-refractivity contribution is 6.34. The molecule has 0 saturated carbocycles. The van der Waals surface area contributed by atoms with Crippen molar-refractivity contribution in [2.75, 3.05) is 33.9 Å². The molecular weight excluding hydrogens is 394 g/mol. The lowest BCUT2D eigenvalue weighted by Gasteiger charge is -2.28. The molecule has 0 spiro atoms. The molecule has 0 radical (unpaired) electrons. The molecule has 0 fully saturated rings. The van der Waals surface area contributed by atoms with Gasteiger partial charge in [-0.25, -0.2) is 4.79 Å². The first kappa shape index (κ1) is 24.7. The van der Waals surface area contributed by atoms with E-state index in [2.05, 4.69) is 27.2 Å². The number of rotatable bonds is 9. The number of ether oxygens (including phenoxy) is 3. The van der Waals surface area contributed by atoms with Crippen LogP contribution in [0.25, 0.3) is 0 Å². The number of hydrogen-bond acceptors (Lipinski definition) is 8. The highest BCUT2D eigenvalue weighted by Gasteiger charge is 2.21. The van der Waals surface area contributed by atoms with Crippen molar-refractivity contribution in [2.24, 2.45) is 5.73 Å². The van der Waals surface area contributed by atoms with Gasteiger partial charge in [-0.15, -0.1) is 0 Å². The molecule has 30 heavy (non-hydrogen) atoms. The third kappa shape index (κ3) is 8.81. The van der Waals surface area contributed by atoms with E-state index in [0.717, 1.165) is 0 Å². The summed E-state index contributed by atoms with van der Waals surface area (Å²) >= 11 is 0. The summed E-state index contributed by atoms with van der Waals surface area (Å²) < 4.78 is 15.3. The van der Waals surface area contributed by atoms with Crippen molar-refractivity contribution >= 4 is 17.8 Å². The van der Waals surface area contributed by atoms with Crippen LogP contribution in [0, 0.1) is 11.8 Å². The number of esters is 1. The molecule has 164 valence electrons. The first-order valence-electron chi connectivity index (χ1n) is 8.99. The molecule has 1 aromatic carbocycles. The SMILES string of the molecule is COC(=O)C#Cc1ccc(OCC(O)CNC(C)(C)CNC(=O)C(N)=O)c(OC)c1. The van der Waals surface area contributed by atoms with Crippen LogP contribution in [0.1, 0.15) is 19.4 Å². The maximum absolute atomic E-state index is 11.2. The zero-order valence-corrected chi connectivity index (χ0v) is 17.4. The Hall–Kier alpha value is -3.29. The number of β-amino-alcohol motifs (C(OH)–C–C–N with tert-alkyl or cyclic N) is 1. The number of aliphatic hydroxyl groups is 1. The third-order valence-corrected chi connectivity index (χ3v) is 3.82. The number of carbonyl (C=O) groups is 3. The maximum atomic E-state index is 11.2. The minimum Gasteiger partial charge on any atom is -0.493 e. The summed E-state index contributed by atoms with van der Waals surface area (Å²) in [6.07, 6.45) is -0.861. The Morgan fingerprint density at radius 3 is 2.53 bits per heavy atom. The highest BCUT2D eigenvalue weighted by atomic mass is 16.5. The molecule has 0 aliphatic rings.